The summed E-state index contributed by atoms with van der Waals surface area (Å²) < 4.78 is 0. The van der Waals surface area contributed by atoms with Crippen LogP contribution in [0.25, 0.3) is 0 Å². The van der Waals surface area contributed by atoms with Gasteiger partial charge in [0.05, 0.1) is 12.1 Å². The maximum atomic E-state index is 10.3. The number of nitriles is 2. The standard InChI is InChI=1S/C52H52N4/c1-5-42-22-10-15-28-51(42)55(49-26-13-7-19-39(49)3)34-18-17-21-41-30-31-45(36-47(38-54)46(35-41)37-53)44-24-9-12-25-48(33-32-44)56(50-27-14-8-20-40(50)4)52-29-16-11-23-43(52)6-2/h7-20,22-23,26-33H,5-6,21,24-25,34-36H2,1-4H3/b12-9-,18-17-,41-30-,44-32+,45-31+,47-46-,48-33+. The van der Waals surface area contributed by atoms with E-state index in [0.29, 0.717) is 30.4 Å². The molecule has 0 aliphatic heterocycles. The van der Waals surface area contributed by atoms with Gasteiger partial charge in [0.25, 0.3) is 0 Å². The summed E-state index contributed by atoms with van der Waals surface area (Å²) in [6.07, 6.45) is 22.8. The van der Waals surface area contributed by atoms with Crippen molar-refractivity contribution in [2.75, 3.05) is 16.3 Å². The maximum absolute atomic E-state index is 10.3. The number of nitrogens with zero attached hydrogens (tertiary/aromatic N) is 4. The molecule has 0 saturated carbocycles. The Hall–Kier alpha value is -6.36. The minimum atomic E-state index is 0.435. The van der Waals surface area contributed by atoms with Gasteiger partial charge in [-0.2, -0.15) is 10.5 Å². The van der Waals surface area contributed by atoms with Crippen molar-refractivity contribution < 1.29 is 0 Å². The number of hydrogen-bond acceptors (Lipinski definition) is 4. The third-order valence-corrected chi connectivity index (χ3v) is 10.8. The number of hydrogen-bond donors (Lipinski definition) is 0. The predicted octanol–water partition coefficient (Wildman–Crippen LogP) is 13.5. The Bertz CT molecular complexity index is 2350. The van der Waals surface area contributed by atoms with Crippen LogP contribution in [0.2, 0.25) is 0 Å². The van der Waals surface area contributed by atoms with Gasteiger partial charge in [-0.05, 0) is 103 Å². The van der Waals surface area contributed by atoms with Crippen LogP contribution in [0.1, 0.15) is 68.2 Å². The number of aryl methyl sites for hydroxylation is 4. The van der Waals surface area contributed by atoms with Crippen LogP contribution in [0.15, 0.2) is 179 Å². The van der Waals surface area contributed by atoms with E-state index in [-0.39, 0.29) is 0 Å². The summed E-state index contributed by atoms with van der Waals surface area (Å²) in [6.45, 7) is 9.46. The van der Waals surface area contributed by atoms with Crippen molar-refractivity contribution in [1.82, 2.24) is 0 Å². The minimum Gasteiger partial charge on any atom is -0.337 e. The Kier molecular flexibility index (Phi) is 13.6. The molecule has 0 amide bonds. The summed E-state index contributed by atoms with van der Waals surface area (Å²) in [5, 5.41) is 20.6. The van der Waals surface area contributed by atoms with Crippen LogP contribution < -0.4 is 9.80 Å². The lowest BCUT2D eigenvalue weighted by Crippen LogP contribution is -2.19. The number of anilines is 4. The van der Waals surface area contributed by atoms with Gasteiger partial charge < -0.3 is 9.80 Å². The third-order valence-electron chi connectivity index (χ3n) is 10.8. The van der Waals surface area contributed by atoms with E-state index in [2.05, 4.69) is 195 Å². The van der Waals surface area contributed by atoms with Gasteiger partial charge in [-0.15, -0.1) is 0 Å². The molecule has 0 heterocycles. The van der Waals surface area contributed by atoms with E-state index in [4.69, 9.17) is 0 Å². The predicted molar refractivity (Wildman–Crippen MR) is 235 cm³/mol. The number of rotatable bonds is 12. The van der Waals surface area contributed by atoms with Crippen molar-refractivity contribution >= 4 is 22.7 Å². The van der Waals surface area contributed by atoms with Crippen molar-refractivity contribution in [3.8, 4) is 12.1 Å². The molecule has 0 spiro atoms. The van der Waals surface area contributed by atoms with E-state index in [9.17, 15) is 10.5 Å². The summed E-state index contributed by atoms with van der Waals surface area (Å²) in [7, 11) is 0. The van der Waals surface area contributed by atoms with Crippen molar-refractivity contribution in [3.05, 3.63) is 201 Å². The van der Waals surface area contributed by atoms with Gasteiger partial charge in [-0.3, -0.25) is 0 Å². The molecule has 56 heavy (non-hydrogen) atoms. The van der Waals surface area contributed by atoms with Crippen LogP contribution in [0.3, 0.4) is 0 Å². The van der Waals surface area contributed by atoms with Crippen LogP contribution >= 0.6 is 0 Å². The molecular formula is C52H52N4. The fourth-order valence-electron chi connectivity index (χ4n) is 7.66. The molecule has 0 fully saturated rings. The Morgan fingerprint density at radius 2 is 1.12 bits per heavy atom. The first kappa shape index (κ1) is 39.3. The second-order valence-corrected chi connectivity index (χ2v) is 14.4. The van der Waals surface area contributed by atoms with Gasteiger partial charge in [0.1, 0.15) is 0 Å². The normalized spacial score (nSPS) is 20.2. The largest absolute Gasteiger partial charge is 0.337 e. The summed E-state index contributed by atoms with van der Waals surface area (Å²) in [4.78, 5) is 4.80. The fraction of sp³-hybridized carbons (Fsp3) is 0.231. The Labute approximate surface area is 334 Å². The molecule has 6 rings (SSSR count). The van der Waals surface area contributed by atoms with E-state index >= 15 is 0 Å². The van der Waals surface area contributed by atoms with E-state index in [1.165, 1.54) is 50.7 Å². The topological polar surface area (TPSA) is 54.1 Å². The maximum Gasteiger partial charge on any atom is 0.0961 e. The quantitative estimate of drug-likeness (QED) is 0.136. The average Bonchev–Trinajstić information content (AvgIpc) is 3.21. The average molecular weight is 733 g/mol. The second kappa shape index (κ2) is 19.3. The van der Waals surface area contributed by atoms with Crippen molar-refractivity contribution in [1.29, 1.82) is 10.5 Å². The molecule has 2 aliphatic carbocycles. The lowest BCUT2D eigenvalue weighted by Gasteiger charge is -2.31. The molecule has 0 bridgehead atoms. The highest BCUT2D eigenvalue weighted by molar-refractivity contribution is 5.74. The smallest absolute Gasteiger partial charge is 0.0961 e. The summed E-state index contributed by atoms with van der Waals surface area (Å²) in [5.74, 6) is 0. The lowest BCUT2D eigenvalue weighted by atomic mass is 9.88. The third kappa shape index (κ3) is 9.29. The van der Waals surface area contributed by atoms with Gasteiger partial charge in [-0.1, -0.05) is 135 Å². The molecule has 0 atom stereocenters. The number of allylic oxidation sites excluding steroid dienone is 12. The molecule has 4 aromatic carbocycles. The van der Waals surface area contributed by atoms with Crippen LogP contribution in [-0.4, -0.2) is 6.54 Å². The second-order valence-electron chi connectivity index (χ2n) is 14.4. The van der Waals surface area contributed by atoms with Crippen LogP contribution in [0.4, 0.5) is 22.7 Å². The molecular weight excluding hydrogens is 681 g/mol. The van der Waals surface area contributed by atoms with Gasteiger partial charge in [0.15, 0.2) is 0 Å². The van der Waals surface area contributed by atoms with E-state index in [1.807, 2.05) is 0 Å². The summed E-state index contributed by atoms with van der Waals surface area (Å²) in [5.41, 5.74) is 15.4. The van der Waals surface area contributed by atoms with Gasteiger partial charge in [0, 0.05) is 65.4 Å². The molecule has 280 valence electrons. The van der Waals surface area contributed by atoms with Crippen LogP contribution in [0, 0.1) is 36.5 Å². The van der Waals surface area contributed by atoms with Crippen LogP contribution in [-0.2, 0) is 12.8 Å². The Balaban J connectivity index is 1.33. The van der Waals surface area contributed by atoms with E-state index in [0.717, 1.165) is 48.9 Å². The minimum absolute atomic E-state index is 0.435. The highest BCUT2D eigenvalue weighted by Gasteiger charge is 2.20. The molecule has 4 aromatic rings. The lowest BCUT2D eigenvalue weighted by molar-refractivity contribution is 0.995. The summed E-state index contributed by atoms with van der Waals surface area (Å²) >= 11 is 0. The highest BCUT2D eigenvalue weighted by atomic mass is 15.2. The number of para-hydroxylation sites is 4. The number of benzene rings is 4. The first-order valence-corrected chi connectivity index (χ1v) is 19.9. The van der Waals surface area contributed by atoms with Gasteiger partial charge in [-0.25, -0.2) is 0 Å². The monoisotopic (exact) mass is 732 g/mol. The van der Waals surface area contributed by atoms with Crippen molar-refractivity contribution in [2.45, 2.75) is 72.6 Å². The highest BCUT2D eigenvalue weighted by Crippen LogP contribution is 2.38. The molecule has 0 saturated heterocycles. The molecule has 0 N–H and O–H groups in total. The van der Waals surface area contributed by atoms with Gasteiger partial charge in [0.2, 0.25) is 0 Å². The summed E-state index contributed by atoms with van der Waals surface area (Å²) in [6, 6.07) is 39.2. The zero-order chi connectivity index (χ0) is 39.3. The van der Waals surface area contributed by atoms with Gasteiger partial charge >= 0.3 is 0 Å². The molecule has 0 unspecified atom stereocenters. The molecule has 0 aromatic heterocycles. The molecule has 2 aliphatic rings. The first-order valence-electron chi connectivity index (χ1n) is 19.9. The SMILES string of the molecule is CCc1ccccc1N(C/C=C\C/C1=C/C=C(/C2=C/C=C(/N(c3ccccc3C)c3ccccc3CC)C/C=C\C2)C/C(C#N)=C(/C#N)C1)c1ccccc1C. The first-order chi connectivity index (χ1) is 27.4. The molecule has 4 nitrogen and oxygen atoms in total. The van der Waals surface area contributed by atoms with E-state index < -0.39 is 0 Å². The Morgan fingerprint density at radius 3 is 1.79 bits per heavy atom. The zero-order valence-electron chi connectivity index (χ0n) is 33.3. The molecule has 0 radical (unpaired) electrons. The molecule has 4 heteroatoms. The van der Waals surface area contributed by atoms with Crippen LogP contribution in [0.5, 0.6) is 0 Å². The van der Waals surface area contributed by atoms with E-state index in [1.54, 1.807) is 0 Å². The Morgan fingerprint density at radius 1 is 0.571 bits per heavy atom. The fourth-order valence-corrected chi connectivity index (χ4v) is 7.66. The zero-order valence-corrected chi connectivity index (χ0v) is 33.3. The van der Waals surface area contributed by atoms with Crippen molar-refractivity contribution in [3.63, 3.8) is 0 Å². The van der Waals surface area contributed by atoms with Crippen molar-refractivity contribution in [2.24, 2.45) is 0 Å².